The van der Waals surface area contributed by atoms with E-state index in [2.05, 4.69) is 15.9 Å². The molecule has 0 aromatic heterocycles. The maximum Gasteiger partial charge on any atom is 0.310 e. The van der Waals surface area contributed by atoms with E-state index in [0.717, 1.165) is 4.47 Å². The molecule has 0 fully saturated rings. The van der Waals surface area contributed by atoms with Gasteiger partial charge in [-0.25, -0.2) is 0 Å². The Morgan fingerprint density at radius 2 is 1.65 bits per heavy atom. The van der Waals surface area contributed by atoms with E-state index >= 15 is 0 Å². The number of ketones is 2. The maximum absolute atomic E-state index is 11.6. The summed E-state index contributed by atoms with van der Waals surface area (Å²) in [6.07, 6.45) is -0.497. The van der Waals surface area contributed by atoms with Gasteiger partial charge in [-0.3, -0.25) is 14.4 Å². The van der Waals surface area contributed by atoms with Crippen LogP contribution in [0.5, 0.6) is 0 Å². The molecule has 90 valence electrons. The molecule has 0 aliphatic heterocycles. The highest BCUT2D eigenvalue weighted by molar-refractivity contribution is 9.10. The highest BCUT2D eigenvalue weighted by Gasteiger charge is 2.11. The fraction of sp³-hybridized carbons (Fsp3) is 0.250. The number of Topliss-reactive ketones (excluding diaryl/α,β-unsaturated/α-hetero) is 2. The number of carboxylic acids is 1. The van der Waals surface area contributed by atoms with Gasteiger partial charge in [0.15, 0.2) is 5.78 Å². The van der Waals surface area contributed by atoms with Crippen LogP contribution in [0, 0.1) is 0 Å². The van der Waals surface area contributed by atoms with E-state index in [0.29, 0.717) is 5.56 Å². The molecule has 0 saturated heterocycles. The van der Waals surface area contributed by atoms with Crippen molar-refractivity contribution in [2.24, 2.45) is 0 Å². The predicted molar refractivity (Wildman–Crippen MR) is 65.0 cm³/mol. The Bertz CT molecular complexity index is 436. The minimum atomic E-state index is -1.16. The number of carboxylic acid groups (broad SMARTS) is 1. The lowest BCUT2D eigenvalue weighted by Gasteiger charge is -2.00. The summed E-state index contributed by atoms with van der Waals surface area (Å²) in [6, 6.07) is 6.81. The molecule has 0 heterocycles. The summed E-state index contributed by atoms with van der Waals surface area (Å²) in [7, 11) is 0. The van der Waals surface area contributed by atoms with Crippen LogP contribution in [0.1, 0.15) is 29.6 Å². The molecule has 0 bridgehead atoms. The summed E-state index contributed by atoms with van der Waals surface area (Å²) in [4.78, 5) is 33.0. The second-order valence-electron chi connectivity index (χ2n) is 3.54. The normalized spacial score (nSPS) is 9.94. The molecule has 0 aliphatic rings. The summed E-state index contributed by atoms with van der Waals surface area (Å²) in [6.45, 7) is 0. The first kappa shape index (κ1) is 13.6. The molecule has 5 heteroatoms. The summed E-state index contributed by atoms with van der Waals surface area (Å²) in [5.74, 6) is -1.75. The van der Waals surface area contributed by atoms with E-state index in [-0.39, 0.29) is 18.6 Å². The topological polar surface area (TPSA) is 71.4 Å². The molecule has 17 heavy (non-hydrogen) atoms. The number of benzene rings is 1. The van der Waals surface area contributed by atoms with Crippen LogP contribution in [0.2, 0.25) is 0 Å². The molecular formula is C12H11BrO4. The number of aliphatic carboxylic acids is 1. The highest BCUT2D eigenvalue weighted by atomic mass is 79.9. The lowest BCUT2D eigenvalue weighted by Crippen LogP contribution is -2.09. The van der Waals surface area contributed by atoms with Crippen LogP contribution in [-0.4, -0.2) is 22.6 Å². The number of halogens is 1. The van der Waals surface area contributed by atoms with Gasteiger partial charge in [-0.15, -0.1) is 0 Å². The van der Waals surface area contributed by atoms with Gasteiger partial charge >= 0.3 is 5.97 Å². The van der Waals surface area contributed by atoms with Crippen LogP contribution in [0.4, 0.5) is 0 Å². The molecule has 0 aliphatic carbocycles. The molecule has 0 atom stereocenters. The highest BCUT2D eigenvalue weighted by Crippen LogP contribution is 2.12. The first-order valence-electron chi connectivity index (χ1n) is 5.01. The minimum Gasteiger partial charge on any atom is -0.481 e. The number of carbonyl (C=O) groups excluding carboxylic acids is 2. The summed E-state index contributed by atoms with van der Waals surface area (Å²) >= 11 is 3.25. The molecule has 0 saturated carbocycles. The Balaban J connectivity index is 2.47. The quantitative estimate of drug-likeness (QED) is 0.647. The van der Waals surface area contributed by atoms with E-state index in [4.69, 9.17) is 5.11 Å². The van der Waals surface area contributed by atoms with Crippen molar-refractivity contribution in [3.8, 4) is 0 Å². The van der Waals surface area contributed by atoms with Crippen LogP contribution >= 0.6 is 15.9 Å². The second-order valence-corrected chi connectivity index (χ2v) is 4.45. The Kier molecular flexibility index (Phi) is 5.03. The lowest BCUT2D eigenvalue weighted by molar-refractivity contribution is -0.140. The average Bonchev–Trinajstić information content (AvgIpc) is 2.26. The molecule has 1 N–H and O–H groups in total. The van der Waals surface area contributed by atoms with Crippen molar-refractivity contribution < 1.29 is 19.5 Å². The third kappa shape index (κ3) is 4.91. The van der Waals surface area contributed by atoms with E-state index in [1.807, 2.05) is 0 Å². The van der Waals surface area contributed by atoms with Gasteiger partial charge in [0.25, 0.3) is 0 Å². The van der Waals surface area contributed by atoms with Gasteiger partial charge in [0.1, 0.15) is 12.2 Å². The van der Waals surface area contributed by atoms with Crippen molar-refractivity contribution in [1.82, 2.24) is 0 Å². The van der Waals surface area contributed by atoms with Crippen molar-refractivity contribution >= 4 is 33.5 Å². The Labute approximate surface area is 107 Å². The van der Waals surface area contributed by atoms with Crippen molar-refractivity contribution in [3.05, 3.63) is 34.3 Å². The van der Waals surface area contributed by atoms with Crippen LogP contribution in [-0.2, 0) is 9.59 Å². The Morgan fingerprint density at radius 1 is 1.06 bits per heavy atom. The molecule has 1 rings (SSSR count). The van der Waals surface area contributed by atoms with Gasteiger partial charge in [0.2, 0.25) is 0 Å². The molecule has 0 spiro atoms. The largest absolute Gasteiger partial charge is 0.481 e. The molecule has 0 radical (unpaired) electrons. The van der Waals surface area contributed by atoms with Crippen molar-refractivity contribution in [2.45, 2.75) is 19.3 Å². The molecule has 4 nitrogen and oxygen atoms in total. The Hall–Kier alpha value is -1.49. The van der Waals surface area contributed by atoms with Crippen molar-refractivity contribution in [2.75, 3.05) is 0 Å². The smallest absolute Gasteiger partial charge is 0.310 e. The third-order valence-corrected chi connectivity index (χ3v) is 2.67. The monoisotopic (exact) mass is 298 g/mol. The van der Waals surface area contributed by atoms with Gasteiger partial charge in [-0.1, -0.05) is 28.1 Å². The maximum atomic E-state index is 11.6. The summed E-state index contributed by atoms with van der Waals surface area (Å²) < 4.78 is 0.871. The zero-order valence-corrected chi connectivity index (χ0v) is 10.6. The van der Waals surface area contributed by atoms with Crippen LogP contribution in [0.25, 0.3) is 0 Å². The fourth-order valence-electron chi connectivity index (χ4n) is 1.29. The third-order valence-electron chi connectivity index (χ3n) is 2.15. The standard InChI is InChI=1S/C12H11BrO4/c13-9-3-1-8(2-4-9)11(15)6-5-10(14)7-12(16)17/h1-4H,5-7H2,(H,16,17). The van der Waals surface area contributed by atoms with Crippen molar-refractivity contribution in [1.29, 1.82) is 0 Å². The molecule has 1 aromatic rings. The van der Waals surface area contributed by atoms with E-state index in [1.54, 1.807) is 24.3 Å². The zero-order valence-electron chi connectivity index (χ0n) is 8.98. The fourth-order valence-corrected chi connectivity index (χ4v) is 1.55. The number of hydrogen-bond acceptors (Lipinski definition) is 3. The van der Waals surface area contributed by atoms with Gasteiger partial charge in [0, 0.05) is 22.9 Å². The second kappa shape index (κ2) is 6.30. The predicted octanol–water partition coefficient (Wildman–Crippen LogP) is 2.46. The van der Waals surface area contributed by atoms with Gasteiger partial charge < -0.3 is 5.11 Å². The summed E-state index contributed by atoms with van der Waals surface area (Å²) in [5.41, 5.74) is 0.524. The van der Waals surface area contributed by atoms with Crippen LogP contribution < -0.4 is 0 Å². The number of rotatable bonds is 6. The molecular weight excluding hydrogens is 288 g/mol. The van der Waals surface area contributed by atoms with E-state index in [9.17, 15) is 14.4 Å². The van der Waals surface area contributed by atoms with Gasteiger partial charge in [-0.2, -0.15) is 0 Å². The van der Waals surface area contributed by atoms with Gasteiger partial charge in [-0.05, 0) is 12.1 Å². The van der Waals surface area contributed by atoms with Crippen molar-refractivity contribution in [3.63, 3.8) is 0 Å². The lowest BCUT2D eigenvalue weighted by atomic mass is 10.0. The first-order valence-corrected chi connectivity index (χ1v) is 5.80. The average molecular weight is 299 g/mol. The summed E-state index contributed by atoms with van der Waals surface area (Å²) in [5, 5.41) is 8.39. The molecule has 0 unspecified atom stereocenters. The minimum absolute atomic E-state index is 0.0266. The Morgan fingerprint density at radius 3 is 2.18 bits per heavy atom. The van der Waals surface area contributed by atoms with Gasteiger partial charge in [0.05, 0.1) is 0 Å². The van der Waals surface area contributed by atoms with E-state index < -0.39 is 18.2 Å². The SMILES string of the molecule is O=C(O)CC(=O)CCC(=O)c1ccc(Br)cc1. The van der Waals surface area contributed by atoms with Crippen LogP contribution in [0.3, 0.4) is 0 Å². The number of carbonyl (C=O) groups is 3. The molecule has 0 amide bonds. The van der Waals surface area contributed by atoms with Crippen LogP contribution in [0.15, 0.2) is 28.7 Å². The van der Waals surface area contributed by atoms with E-state index in [1.165, 1.54) is 0 Å². The zero-order chi connectivity index (χ0) is 12.8. The first-order chi connectivity index (χ1) is 7.99. The number of hydrogen-bond donors (Lipinski definition) is 1. The molecule has 1 aromatic carbocycles.